The quantitative estimate of drug-likeness (QED) is 0.722. The molecule has 25 heavy (non-hydrogen) atoms. The average molecular weight is 363 g/mol. The molecule has 1 aliphatic heterocycles. The molecule has 2 aromatic rings. The molecule has 138 valence electrons. The molecule has 0 bridgehead atoms. The fourth-order valence-corrected chi connectivity index (χ4v) is 4.04. The van der Waals surface area contributed by atoms with Crippen LogP contribution in [0.2, 0.25) is 0 Å². The van der Waals surface area contributed by atoms with Crippen molar-refractivity contribution in [1.29, 1.82) is 0 Å². The van der Waals surface area contributed by atoms with Gasteiger partial charge in [0.15, 0.2) is 0 Å². The number of hydrogen-bond donors (Lipinski definition) is 0. The summed E-state index contributed by atoms with van der Waals surface area (Å²) in [5, 5.41) is 10.9. The normalized spacial score (nSPS) is 16.1. The molecular weight excluding hydrogens is 332 g/mol. The standard InChI is InChI=1S/C18H30N6S/c1-4-6-9-22(5-2)15-16-8-7-10-24(16)18-20-19-17(25-18)23-13-11-21(3)12-14-23/h7-8,10H,4-6,9,11-15H2,1-3H3. The summed E-state index contributed by atoms with van der Waals surface area (Å²) < 4.78 is 2.20. The minimum atomic E-state index is 0.965. The monoisotopic (exact) mass is 362 g/mol. The summed E-state index contributed by atoms with van der Waals surface area (Å²) in [5.41, 5.74) is 1.29. The van der Waals surface area contributed by atoms with Crippen molar-refractivity contribution in [2.24, 2.45) is 0 Å². The highest BCUT2D eigenvalue weighted by molar-refractivity contribution is 7.17. The van der Waals surface area contributed by atoms with Gasteiger partial charge in [-0.05, 0) is 38.7 Å². The fraction of sp³-hybridized carbons (Fsp3) is 0.667. The van der Waals surface area contributed by atoms with Gasteiger partial charge in [-0.2, -0.15) is 0 Å². The van der Waals surface area contributed by atoms with E-state index in [4.69, 9.17) is 0 Å². The summed E-state index contributed by atoms with van der Waals surface area (Å²) in [6.07, 6.45) is 4.60. The van der Waals surface area contributed by atoms with E-state index in [9.17, 15) is 0 Å². The molecule has 0 amide bonds. The van der Waals surface area contributed by atoms with Crippen LogP contribution < -0.4 is 4.90 Å². The first-order valence-electron chi connectivity index (χ1n) is 9.37. The van der Waals surface area contributed by atoms with Crippen LogP contribution in [0.4, 0.5) is 5.13 Å². The second-order valence-corrected chi connectivity index (χ2v) is 7.68. The molecule has 0 unspecified atom stereocenters. The van der Waals surface area contributed by atoms with Gasteiger partial charge < -0.3 is 9.80 Å². The lowest BCUT2D eigenvalue weighted by Crippen LogP contribution is -2.44. The van der Waals surface area contributed by atoms with Gasteiger partial charge in [0.25, 0.3) is 0 Å². The van der Waals surface area contributed by atoms with Crippen molar-refractivity contribution in [2.45, 2.75) is 33.2 Å². The number of anilines is 1. The Labute approximate surface area is 155 Å². The van der Waals surface area contributed by atoms with E-state index in [0.717, 1.165) is 56.1 Å². The minimum absolute atomic E-state index is 0.965. The van der Waals surface area contributed by atoms with Crippen molar-refractivity contribution < 1.29 is 0 Å². The van der Waals surface area contributed by atoms with Crippen LogP contribution in [-0.2, 0) is 6.54 Å². The Hall–Kier alpha value is -1.44. The topological polar surface area (TPSA) is 40.4 Å². The van der Waals surface area contributed by atoms with Crippen LogP contribution in [0, 0.1) is 0 Å². The van der Waals surface area contributed by atoms with Gasteiger partial charge in [-0.3, -0.25) is 9.47 Å². The Morgan fingerprint density at radius 1 is 1.12 bits per heavy atom. The van der Waals surface area contributed by atoms with Crippen LogP contribution in [0.3, 0.4) is 0 Å². The number of likely N-dealkylation sites (N-methyl/N-ethyl adjacent to an activating group) is 1. The lowest BCUT2D eigenvalue weighted by Gasteiger charge is -2.31. The van der Waals surface area contributed by atoms with Crippen LogP contribution in [0.15, 0.2) is 18.3 Å². The molecule has 1 fully saturated rings. The SMILES string of the molecule is CCCCN(CC)Cc1cccn1-c1nnc(N2CCN(C)CC2)s1. The molecule has 0 N–H and O–H groups in total. The van der Waals surface area contributed by atoms with Gasteiger partial charge in [-0.25, -0.2) is 0 Å². The highest BCUT2D eigenvalue weighted by atomic mass is 32.1. The minimum Gasteiger partial charge on any atom is -0.344 e. The molecule has 1 saturated heterocycles. The predicted molar refractivity (Wildman–Crippen MR) is 105 cm³/mol. The molecule has 0 aliphatic carbocycles. The number of rotatable bonds is 8. The van der Waals surface area contributed by atoms with E-state index in [1.54, 1.807) is 11.3 Å². The van der Waals surface area contributed by atoms with Crippen LogP contribution in [0.5, 0.6) is 0 Å². The van der Waals surface area contributed by atoms with Crippen molar-refractivity contribution in [1.82, 2.24) is 24.6 Å². The van der Waals surface area contributed by atoms with Crippen LogP contribution in [0.1, 0.15) is 32.4 Å². The Balaban J connectivity index is 1.70. The summed E-state index contributed by atoms with van der Waals surface area (Å²) in [7, 11) is 2.17. The maximum Gasteiger partial charge on any atom is 0.218 e. The van der Waals surface area contributed by atoms with Gasteiger partial charge in [-0.15, -0.1) is 10.2 Å². The zero-order chi connectivity index (χ0) is 17.6. The van der Waals surface area contributed by atoms with E-state index >= 15 is 0 Å². The van der Waals surface area contributed by atoms with E-state index in [-0.39, 0.29) is 0 Å². The van der Waals surface area contributed by atoms with Gasteiger partial charge in [0, 0.05) is 44.6 Å². The average Bonchev–Trinajstić information content (AvgIpc) is 3.28. The number of piperazine rings is 1. The number of nitrogens with zero attached hydrogens (tertiary/aromatic N) is 6. The Morgan fingerprint density at radius 3 is 2.60 bits per heavy atom. The van der Waals surface area contributed by atoms with E-state index in [2.05, 4.69) is 68.7 Å². The molecule has 0 atom stereocenters. The van der Waals surface area contributed by atoms with Gasteiger partial charge >= 0.3 is 0 Å². The third-order valence-electron chi connectivity index (χ3n) is 4.88. The first-order valence-corrected chi connectivity index (χ1v) is 10.2. The fourth-order valence-electron chi connectivity index (χ4n) is 3.12. The van der Waals surface area contributed by atoms with E-state index in [1.807, 2.05) is 0 Å². The lowest BCUT2D eigenvalue weighted by molar-refractivity contribution is 0.271. The van der Waals surface area contributed by atoms with Crippen molar-refractivity contribution in [3.8, 4) is 5.13 Å². The van der Waals surface area contributed by atoms with Crippen molar-refractivity contribution in [2.75, 3.05) is 51.2 Å². The van der Waals surface area contributed by atoms with Crippen molar-refractivity contribution in [3.63, 3.8) is 0 Å². The summed E-state index contributed by atoms with van der Waals surface area (Å²) in [5.74, 6) is 0. The molecular formula is C18H30N6S. The molecule has 2 aromatic heterocycles. The largest absolute Gasteiger partial charge is 0.344 e. The van der Waals surface area contributed by atoms with E-state index in [0.29, 0.717) is 0 Å². The molecule has 0 radical (unpaired) electrons. The molecule has 3 heterocycles. The van der Waals surface area contributed by atoms with Gasteiger partial charge in [-0.1, -0.05) is 31.6 Å². The Bertz CT molecular complexity index is 644. The third kappa shape index (κ3) is 4.59. The first kappa shape index (κ1) is 18.4. The summed E-state index contributed by atoms with van der Waals surface area (Å²) in [6.45, 7) is 11.9. The first-order chi connectivity index (χ1) is 12.2. The summed E-state index contributed by atoms with van der Waals surface area (Å²) in [4.78, 5) is 7.21. The molecule has 0 spiro atoms. The van der Waals surface area contributed by atoms with Gasteiger partial charge in [0.2, 0.25) is 10.3 Å². The summed E-state index contributed by atoms with van der Waals surface area (Å²) >= 11 is 1.69. The zero-order valence-electron chi connectivity index (χ0n) is 15.7. The molecule has 0 saturated carbocycles. The van der Waals surface area contributed by atoms with Crippen LogP contribution >= 0.6 is 11.3 Å². The molecule has 1 aliphatic rings. The zero-order valence-corrected chi connectivity index (χ0v) is 16.5. The third-order valence-corrected chi connectivity index (χ3v) is 5.86. The molecule has 3 rings (SSSR count). The smallest absolute Gasteiger partial charge is 0.218 e. The Kier molecular flexibility index (Phi) is 6.45. The van der Waals surface area contributed by atoms with Gasteiger partial charge in [0.05, 0.1) is 0 Å². The number of hydrogen-bond acceptors (Lipinski definition) is 6. The number of unbranched alkanes of at least 4 members (excludes halogenated alkanes) is 1. The van der Waals surface area contributed by atoms with Gasteiger partial charge in [0.1, 0.15) is 0 Å². The van der Waals surface area contributed by atoms with Crippen molar-refractivity contribution in [3.05, 3.63) is 24.0 Å². The van der Waals surface area contributed by atoms with Crippen molar-refractivity contribution >= 4 is 16.5 Å². The second kappa shape index (κ2) is 8.78. The van der Waals surface area contributed by atoms with E-state index < -0.39 is 0 Å². The Morgan fingerprint density at radius 2 is 1.88 bits per heavy atom. The molecule has 6 nitrogen and oxygen atoms in total. The van der Waals surface area contributed by atoms with Crippen LogP contribution in [0.25, 0.3) is 5.13 Å². The second-order valence-electron chi connectivity index (χ2n) is 6.75. The molecule has 7 heteroatoms. The lowest BCUT2D eigenvalue weighted by atomic mass is 10.3. The number of aromatic nitrogens is 3. The maximum absolute atomic E-state index is 4.47. The van der Waals surface area contributed by atoms with E-state index in [1.165, 1.54) is 18.5 Å². The summed E-state index contributed by atoms with van der Waals surface area (Å²) in [6, 6.07) is 4.31. The predicted octanol–water partition coefficient (Wildman–Crippen LogP) is 2.70. The highest BCUT2D eigenvalue weighted by Crippen LogP contribution is 2.25. The molecule has 0 aromatic carbocycles. The maximum atomic E-state index is 4.47. The van der Waals surface area contributed by atoms with Crippen LogP contribution in [-0.4, -0.2) is 70.9 Å². The highest BCUT2D eigenvalue weighted by Gasteiger charge is 2.19.